The zero-order chi connectivity index (χ0) is 9.14. The third kappa shape index (κ3) is 2.03. The van der Waals surface area contributed by atoms with E-state index in [1.165, 1.54) is 12.1 Å². The first-order valence-electron chi connectivity index (χ1n) is 3.48. The van der Waals surface area contributed by atoms with E-state index in [0.29, 0.717) is 0 Å². The van der Waals surface area contributed by atoms with Crippen molar-refractivity contribution in [3.63, 3.8) is 0 Å². The van der Waals surface area contributed by atoms with Crippen molar-refractivity contribution >= 4 is 15.9 Å². The van der Waals surface area contributed by atoms with Gasteiger partial charge in [-0.25, -0.2) is 4.39 Å². The monoisotopic (exact) mass is 233 g/mol. The standard InChI is InChI=1S/C8H9BrFNO/c9-5-1-2-7(10)6(3-5)8(12)4-11/h1-3,8,12H,4,11H2/t8-/m1/s1. The van der Waals surface area contributed by atoms with Gasteiger partial charge in [-0.15, -0.1) is 0 Å². The van der Waals surface area contributed by atoms with Crippen LogP contribution < -0.4 is 5.73 Å². The Hall–Kier alpha value is -0.450. The molecule has 0 saturated carbocycles. The number of aliphatic hydroxyl groups excluding tert-OH is 1. The van der Waals surface area contributed by atoms with Gasteiger partial charge in [0.15, 0.2) is 0 Å². The number of rotatable bonds is 2. The molecule has 0 spiro atoms. The summed E-state index contributed by atoms with van der Waals surface area (Å²) in [5.74, 6) is -0.434. The van der Waals surface area contributed by atoms with Gasteiger partial charge in [0.2, 0.25) is 0 Å². The average Bonchev–Trinajstić information content (AvgIpc) is 2.08. The van der Waals surface area contributed by atoms with Crippen molar-refractivity contribution in [3.05, 3.63) is 34.1 Å². The predicted octanol–water partition coefficient (Wildman–Crippen LogP) is 1.58. The van der Waals surface area contributed by atoms with E-state index in [2.05, 4.69) is 15.9 Å². The fourth-order valence-electron chi connectivity index (χ4n) is 0.897. The van der Waals surface area contributed by atoms with Crippen molar-refractivity contribution in [1.82, 2.24) is 0 Å². The van der Waals surface area contributed by atoms with E-state index in [-0.39, 0.29) is 12.1 Å². The van der Waals surface area contributed by atoms with Crippen LogP contribution in [0.4, 0.5) is 4.39 Å². The summed E-state index contributed by atoms with van der Waals surface area (Å²) in [5, 5.41) is 9.25. The van der Waals surface area contributed by atoms with Crippen LogP contribution in [0.25, 0.3) is 0 Å². The van der Waals surface area contributed by atoms with Gasteiger partial charge in [-0.1, -0.05) is 15.9 Å². The highest BCUT2D eigenvalue weighted by molar-refractivity contribution is 9.10. The summed E-state index contributed by atoms with van der Waals surface area (Å²) in [7, 11) is 0. The highest BCUT2D eigenvalue weighted by atomic mass is 79.9. The second-order valence-electron chi connectivity index (χ2n) is 2.42. The van der Waals surface area contributed by atoms with Crippen LogP contribution in [0.2, 0.25) is 0 Å². The van der Waals surface area contributed by atoms with Crippen LogP contribution >= 0.6 is 15.9 Å². The fraction of sp³-hybridized carbons (Fsp3) is 0.250. The van der Waals surface area contributed by atoms with Gasteiger partial charge in [0.25, 0.3) is 0 Å². The quantitative estimate of drug-likeness (QED) is 0.815. The average molecular weight is 234 g/mol. The van der Waals surface area contributed by atoms with Crippen LogP contribution in [0.1, 0.15) is 11.7 Å². The summed E-state index contributed by atoms with van der Waals surface area (Å²) in [6.45, 7) is 0.0212. The van der Waals surface area contributed by atoms with Crippen LogP contribution in [-0.4, -0.2) is 11.7 Å². The number of halogens is 2. The highest BCUT2D eigenvalue weighted by Gasteiger charge is 2.10. The Labute approximate surface area is 78.3 Å². The molecule has 1 aromatic carbocycles. The molecule has 1 aromatic rings. The van der Waals surface area contributed by atoms with Crippen molar-refractivity contribution < 1.29 is 9.50 Å². The smallest absolute Gasteiger partial charge is 0.129 e. The zero-order valence-electron chi connectivity index (χ0n) is 6.30. The Morgan fingerprint density at radius 2 is 2.25 bits per heavy atom. The number of aliphatic hydroxyl groups is 1. The van der Waals surface area contributed by atoms with Crippen LogP contribution in [0.3, 0.4) is 0 Å². The molecule has 4 heteroatoms. The van der Waals surface area contributed by atoms with Crippen molar-refractivity contribution in [1.29, 1.82) is 0 Å². The molecule has 2 nitrogen and oxygen atoms in total. The van der Waals surface area contributed by atoms with Gasteiger partial charge in [-0.05, 0) is 18.2 Å². The molecular formula is C8H9BrFNO. The summed E-state index contributed by atoms with van der Waals surface area (Å²) >= 11 is 3.18. The molecule has 0 aromatic heterocycles. The molecule has 0 radical (unpaired) electrons. The summed E-state index contributed by atoms with van der Waals surface area (Å²) in [5.41, 5.74) is 5.42. The summed E-state index contributed by atoms with van der Waals surface area (Å²) in [6, 6.07) is 4.38. The van der Waals surface area contributed by atoms with Gasteiger partial charge in [0, 0.05) is 16.6 Å². The molecule has 0 aliphatic heterocycles. The maximum atomic E-state index is 13.0. The van der Waals surface area contributed by atoms with Gasteiger partial charge in [0.05, 0.1) is 6.10 Å². The lowest BCUT2D eigenvalue weighted by Crippen LogP contribution is -2.12. The molecule has 1 atom stereocenters. The minimum atomic E-state index is -0.928. The van der Waals surface area contributed by atoms with Crippen molar-refractivity contribution in [2.24, 2.45) is 5.73 Å². The number of benzene rings is 1. The summed E-state index contributed by atoms with van der Waals surface area (Å²) in [6.07, 6.45) is -0.928. The molecule has 66 valence electrons. The highest BCUT2D eigenvalue weighted by Crippen LogP contribution is 2.20. The first-order valence-corrected chi connectivity index (χ1v) is 4.27. The van der Waals surface area contributed by atoms with Crippen LogP contribution in [0.15, 0.2) is 22.7 Å². The number of hydrogen-bond donors (Lipinski definition) is 2. The third-order valence-electron chi connectivity index (χ3n) is 1.54. The second-order valence-corrected chi connectivity index (χ2v) is 3.33. The molecule has 0 aliphatic rings. The first-order chi connectivity index (χ1) is 5.65. The second kappa shape index (κ2) is 3.98. The lowest BCUT2D eigenvalue weighted by Gasteiger charge is -2.08. The Bertz CT molecular complexity index is 280. The Kier molecular flexibility index (Phi) is 3.20. The van der Waals surface area contributed by atoms with E-state index < -0.39 is 11.9 Å². The molecule has 0 fully saturated rings. The van der Waals surface area contributed by atoms with Crippen molar-refractivity contribution in [2.45, 2.75) is 6.10 Å². The molecule has 3 N–H and O–H groups in total. The minimum absolute atomic E-state index is 0.0212. The van der Waals surface area contributed by atoms with Crippen LogP contribution in [0, 0.1) is 5.82 Å². The maximum absolute atomic E-state index is 13.0. The van der Waals surface area contributed by atoms with Gasteiger partial charge >= 0.3 is 0 Å². The van der Waals surface area contributed by atoms with E-state index in [4.69, 9.17) is 5.73 Å². The molecule has 1 rings (SSSR count). The lowest BCUT2D eigenvalue weighted by atomic mass is 10.1. The van der Waals surface area contributed by atoms with Gasteiger partial charge in [0.1, 0.15) is 5.82 Å². The molecule has 0 aliphatic carbocycles. The van der Waals surface area contributed by atoms with Gasteiger partial charge in [-0.2, -0.15) is 0 Å². The predicted molar refractivity (Wildman–Crippen MR) is 48.1 cm³/mol. The number of hydrogen-bond acceptors (Lipinski definition) is 2. The zero-order valence-corrected chi connectivity index (χ0v) is 7.88. The number of nitrogens with two attached hydrogens (primary N) is 1. The van der Waals surface area contributed by atoms with Crippen molar-refractivity contribution in [2.75, 3.05) is 6.54 Å². The van der Waals surface area contributed by atoms with E-state index in [1.807, 2.05) is 0 Å². The Morgan fingerprint density at radius 1 is 1.58 bits per heavy atom. The van der Waals surface area contributed by atoms with Crippen LogP contribution in [-0.2, 0) is 0 Å². The van der Waals surface area contributed by atoms with Gasteiger partial charge in [-0.3, -0.25) is 0 Å². The SMILES string of the molecule is NC[C@@H](O)c1cc(Br)ccc1F. The lowest BCUT2D eigenvalue weighted by molar-refractivity contribution is 0.182. The Morgan fingerprint density at radius 3 is 2.83 bits per heavy atom. The largest absolute Gasteiger partial charge is 0.387 e. The van der Waals surface area contributed by atoms with E-state index >= 15 is 0 Å². The maximum Gasteiger partial charge on any atom is 0.129 e. The molecular weight excluding hydrogens is 225 g/mol. The summed E-state index contributed by atoms with van der Waals surface area (Å²) < 4.78 is 13.7. The topological polar surface area (TPSA) is 46.2 Å². The fourth-order valence-corrected chi connectivity index (χ4v) is 1.28. The molecule has 0 heterocycles. The summed E-state index contributed by atoms with van der Waals surface area (Å²) in [4.78, 5) is 0. The molecule has 0 amide bonds. The Balaban J connectivity index is 3.04. The van der Waals surface area contributed by atoms with Crippen molar-refractivity contribution in [3.8, 4) is 0 Å². The van der Waals surface area contributed by atoms with Crippen LogP contribution in [0.5, 0.6) is 0 Å². The molecule has 0 bridgehead atoms. The normalized spacial score (nSPS) is 13.0. The van der Waals surface area contributed by atoms with E-state index in [1.54, 1.807) is 6.07 Å². The molecule has 0 saturated heterocycles. The first kappa shape index (κ1) is 9.64. The minimum Gasteiger partial charge on any atom is -0.387 e. The molecule has 12 heavy (non-hydrogen) atoms. The third-order valence-corrected chi connectivity index (χ3v) is 2.03. The van der Waals surface area contributed by atoms with E-state index in [0.717, 1.165) is 4.47 Å². The molecule has 0 unspecified atom stereocenters. The van der Waals surface area contributed by atoms with E-state index in [9.17, 15) is 9.50 Å². The van der Waals surface area contributed by atoms with Gasteiger partial charge < -0.3 is 10.8 Å².